The number of anilines is 3. The van der Waals surface area contributed by atoms with Gasteiger partial charge >= 0.3 is 0 Å². The van der Waals surface area contributed by atoms with Crippen LogP contribution in [0.5, 0.6) is 5.75 Å². The standard InChI is InChI=1S/C46H66F2N10O7S.C2H3NO2.CH4O/c1-6-8-33(5)58(30-59)45(60)42-32(4)9-7-10-40(42)51-15-19-62-23-24-63-21-17-56(50)28-35(49)29-64-20-16-53-66(61)37-13-11-36(12-14-37)54-46-52-27-39(48)43(55-46)34-25-38(47)44-41(26-34)57(31(2)3)18-22-65-44;4-1-3-2-5;1-2/h7,9-11,13,25-28,30-31,33,36-37,51,53H,6,8,12,14-24,29,49-50H2,1-5H3,(H,52,54,55);1-2H,(H,3,4,5);2H,1H3/b35-28-;;. The number of aliphatic hydroxyl groups is 1. The van der Waals surface area contributed by atoms with E-state index in [2.05, 4.69) is 25.3 Å². The summed E-state index contributed by atoms with van der Waals surface area (Å²) in [5.41, 5.74) is 9.22. The molecule has 2 heterocycles. The Labute approximate surface area is 429 Å². The highest BCUT2D eigenvalue weighted by molar-refractivity contribution is 7.83. The lowest BCUT2D eigenvalue weighted by atomic mass is 10.0. The topological polar surface area (TPSA) is 278 Å². The number of ether oxygens (including phenoxy) is 4. The van der Waals surface area contributed by atoms with E-state index in [1.807, 2.05) is 69.9 Å². The number of nitrogens with one attached hydrogen (secondary N) is 4. The second-order valence-electron chi connectivity index (χ2n) is 16.8. The van der Waals surface area contributed by atoms with E-state index in [0.717, 1.165) is 31.7 Å². The van der Waals surface area contributed by atoms with E-state index < -0.39 is 22.6 Å². The van der Waals surface area contributed by atoms with Gasteiger partial charge in [-0.3, -0.25) is 24.1 Å². The van der Waals surface area contributed by atoms with Gasteiger partial charge in [0.05, 0.1) is 92.1 Å². The third kappa shape index (κ3) is 20.0. The van der Waals surface area contributed by atoms with Crippen LogP contribution < -0.4 is 41.9 Å². The summed E-state index contributed by atoms with van der Waals surface area (Å²) in [6, 6.07) is 8.18. The van der Waals surface area contributed by atoms with Crippen LogP contribution in [-0.2, 0) is 39.6 Å². The molecule has 1 aromatic heterocycles. The zero-order chi connectivity index (χ0) is 53.7. The van der Waals surface area contributed by atoms with Crippen LogP contribution in [0.1, 0.15) is 69.3 Å². The number of benzene rings is 2. The van der Waals surface area contributed by atoms with Gasteiger partial charge in [-0.25, -0.2) is 33.5 Å². The van der Waals surface area contributed by atoms with E-state index in [1.54, 1.807) is 17.6 Å². The molecule has 5 rings (SSSR count). The summed E-state index contributed by atoms with van der Waals surface area (Å²) >= 11 is 0. The van der Waals surface area contributed by atoms with Gasteiger partial charge in [0.2, 0.25) is 25.2 Å². The number of aliphatic hydroxyl groups excluding tert-OH is 1. The molecule has 9 N–H and O–H groups in total. The molecule has 73 heavy (non-hydrogen) atoms. The molecular formula is C49H73F2N11O10S. The SMILES string of the molecule is CCCC(C)N(C=O)C(=O)c1c(C)cccc1NCCOCCOCCN(N)/C=C(\N)COCCNS(=O)C1C=CC(Nc2ncc(F)c(-c3cc(F)c4c(c3)N(C(C)C)CCO4)n2)CC1.CO.O=CNC=O. The van der Waals surface area contributed by atoms with E-state index in [4.69, 9.17) is 45.2 Å². The van der Waals surface area contributed by atoms with E-state index in [-0.39, 0.29) is 65.5 Å². The third-order valence-electron chi connectivity index (χ3n) is 11.1. The van der Waals surface area contributed by atoms with Crippen LogP contribution in [0.3, 0.4) is 0 Å². The van der Waals surface area contributed by atoms with Gasteiger partial charge in [-0.2, -0.15) is 0 Å². The average Bonchev–Trinajstić information content (AvgIpc) is 3.37. The molecule has 0 saturated carbocycles. The lowest BCUT2D eigenvalue weighted by Crippen LogP contribution is -2.38. The highest BCUT2D eigenvalue weighted by atomic mass is 32.2. The average molecular weight is 1050 g/mol. The summed E-state index contributed by atoms with van der Waals surface area (Å²) in [5.74, 6) is 4.82. The summed E-state index contributed by atoms with van der Waals surface area (Å²) in [4.78, 5) is 55.0. The molecule has 2 aromatic carbocycles. The number of rotatable bonds is 29. The Morgan fingerprint density at radius 1 is 1.01 bits per heavy atom. The minimum Gasteiger partial charge on any atom is -0.486 e. The van der Waals surface area contributed by atoms with E-state index >= 15 is 8.78 Å². The maximum Gasteiger partial charge on any atom is 0.262 e. The number of nitrogens with two attached hydrogens (primary N) is 2. The van der Waals surface area contributed by atoms with Gasteiger partial charge in [-0.05, 0) is 70.7 Å². The molecule has 1 aliphatic heterocycles. The first-order valence-electron chi connectivity index (χ1n) is 24.0. The molecule has 1 aliphatic carbocycles. The molecule has 404 valence electrons. The second kappa shape index (κ2) is 33.6. The summed E-state index contributed by atoms with van der Waals surface area (Å²) in [5, 5.41) is 16.4. The Kier molecular flexibility index (Phi) is 28.1. The largest absolute Gasteiger partial charge is 0.486 e. The minimum atomic E-state index is -1.35. The molecule has 4 atom stereocenters. The quantitative estimate of drug-likeness (QED) is 0.0172. The number of imide groups is 2. The number of nitrogens with zero attached hydrogens (tertiary/aromatic N) is 5. The maximum absolute atomic E-state index is 15.1. The number of fused-ring (bicyclic) bond motifs is 1. The van der Waals surface area contributed by atoms with Crippen molar-refractivity contribution in [3.05, 3.63) is 83.3 Å². The lowest BCUT2D eigenvalue weighted by molar-refractivity contribution is -0.118. The molecule has 0 fully saturated rings. The van der Waals surface area contributed by atoms with Gasteiger partial charge < -0.3 is 55.6 Å². The summed E-state index contributed by atoms with van der Waals surface area (Å²) in [7, 11) is -0.354. The molecule has 0 saturated heterocycles. The molecule has 2 aliphatic rings. The monoisotopic (exact) mass is 1050 g/mol. The van der Waals surface area contributed by atoms with Crippen molar-refractivity contribution < 1.29 is 56.2 Å². The number of hydrazine groups is 1. The van der Waals surface area contributed by atoms with Crippen LogP contribution in [0.2, 0.25) is 0 Å². The number of hydrogen-bond acceptors (Lipinski definition) is 18. The van der Waals surface area contributed by atoms with Gasteiger partial charge in [0.15, 0.2) is 17.4 Å². The summed E-state index contributed by atoms with van der Waals surface area (Å²) in [6.07, 6.45) is 10.5. The summed E-state index contributed by atoms with van der Waals surface area (Å²) < 4.78 is 68.6. The molecule has 4 unspecified atom stereocenters. The molecule has 4 amide bonds. The number of halogens is 2. The molecule has 0 radical (unpaired) electrons. The molecule has 0 bridgehead atoms. The van der Waals surface area contributed by atoms with Crippen LogP contribution >= 0.6 is 0 Å². The fourth-order valence-electron chi connectivity index (χ4n) is 7.61. The Bertz CT molecular complexity index is 2280. The van der Waals surface area contributed by atoms with Gasteiger partial charge in [0.25, 0.3) is 5.91 Å². The predicted octanol–water partition coefficient (Wildman–Crippen LogP) is 3.51. The first kappa shape index (κ1) is 61.2. The molecule has 24 heteroatoms. The Hall–Kier alpha value is -6.15. The number of amides is 4. The molecule has 3 aromatic rings. The van der Waals surface area contributed by atoms with Gasteiger partial charge in [0.1, 0.15) is 12.3 Å². The number of aryl methyl sites for hydroxylation is 1. The van der Waals surface area contributed by atoms with Crippen molar-refractivity contribution in [2.75, 3.05) is 95.1 Å². The second-order valence-corrected chi connectivity index (χ2v) is 18.3. The molecular weight excluding hydrogens is 973 g/mol. The number of aromatic nitrogens is 2. The first-order chi connectivity index (χ1) is 35.2. The van der Waals surface area contributed by atoms with Crippen LogP contribution in [0, 0.1) is 18.6 Å². The van der Waals surface area contributed by atoms with E-state index in [0.29, 0.717) is 114 Å². The molecule has 0 spiro atoms. The van der Waals surface area contributed by atoms with E-state index in [1.165, 1.54) is 16.0 Å². The van der Waals surface area contributed by atoms with E-state index in [9.17, 15) is 13.8 Å². The highest BCUT2D eigenvalue weighted by Crippen LogP contribution is 2.39. The van der Waals surface area contributed by atoms with Gasteiger partial charge in [-0.1, -0.05) is 37.6 Å². The number of carbonyl (C=O) groups is 4. The van der Waals surface area contributed by atoms with Crippen LogP contribution in [0.15, 0.2) is 60.6 Å². The Morgan fingerprint density at radius 2 is 1.74 bits per heavy atom. The normalized spacial score (nSPS) is 15.8. The number of carbonyl (C=O) groups excluding carboxylic acids is 4. The van der Waals surface area contributed by atoms with Crippen molar-refractivity contribution in [3.63, 3.8) is 0 Å². The third-order valence-corrected chi connectivity index (χ3v) is 12.6. The lowest BCUT2D eigenvalue weighted by Gasteiger charge is -2.34. The minimum absolute atomic E-state index is 0.0231. The van der Waals surface area contributed by atoms with Crippen molar-refractivity contribution >= 4 is 53.4 Å². The number of hydrogen-bond donors (Lipinski definition) is 7. The predicted molar refractivity (Wildman–Crippen MR) is 276 cm³/mol. The zero-order valence-corrected chi connectivity index (χ0v) is 43.3. The van der Waals surface area contributed by atoms with Crippen LogP contribution in [0.25, 0.3) is 11.3 Å². The van der Waals surface area contributed by atoms with Crippen LogP contribution in [-0.4, -0.2) is 157 Å². The van der Waals surface area contributed by atoms with Gasteiger partial charge in [0, 0.05) is 55.8 Å². The van der Waals surface area contributed by atoms with Crippen molar-refractivity contribution in [1.29, 1.82) is 0 Å². The summed E-state index contributed by atoms with van der Waals surface area (Å²) in [6.45, 7) is 13.7. The smallest absolute Gasteiger partial charge is 0.262 e. The highest BCUT2D eigenvalue weighted by Gasteiger charge is 2.27. The van der Waals surface area contributed by atoms with Crippen molar-refractivity contribution in [2.24, 2.45) is 11.6 Å². The zero-order valence-electron chi connectivity index (χ0n) is 42.5. The van der Waals surface area contributed by atoms with Crippen molar-refractivity contribution in [1.82, 2.24) is 29.9 Å². The fraction of sp³-hybridized carbons (Fsp3) is 0.510. The Morgan fingerprint density at radius 3 is 2.40 bits per heavy atom. The first-order valence-corrected chi connectivity index (χ1v) is 25.2. The van der Waals surface area contributed by atoms with Crippen LogP contribution in [0.4, 0.5) is 26.1 Å². The van der Waals surface area contributed by atoms with Gasteiger partial charge in [-0.15, -0.1) is 0 Å². The molecule has 21 nitrogen and oxygen atoms in total. The fourth-order valence-corrected chi connectivity index (χ4v) is 8.70. The van der Waals surface area contributed by atoms with Crippen molar-refractivity contribution in [3.8, 4) is 17.0 Å². The maximum atomic E-state index is 15.1. The van der Waals surface area contributed by atoms with Crippen molar-refractivity contribution in [2.45, 2.75) is 83.7 Å². The Balaban J connectivity index is 0.00000189.